The molecule has 14 heavy (non-hydrogen) atoms. The Bertz CT molecular complexity index is 287. The zero-order valence-electron chi connectivity index (χ0n) is 7.71. The minimum Gasteiger partial charge on any atom is -0.481 e. The van der Waals surface area contributed by atoms with E-state index in [1.807, 2.05) is 0 Å². The number of carbonyl (C=O) groups excluding carboxylic acids is 1. The molecule has 2 bridgehead atoms. The first-order chi connectivity index (χ1) is 6.52. The first-order valence-electron chi connectivity index (χ1n) is 4.63. The van der Waals surface area contributed by atoms with Crippen LogP contribution < -0.4 is 0 Å². The van der Waals surface area contributed by atoms with Gasteiger partial charge in [-0.15, -0.1) is 0 Å². The molecule has 1 aliphatic heterocycles. The van der Waals surface area contributed by atoms with Gasteiger partial charge in [0.15, 0.2) is 0 Å². The number of aliphatic hydroxyl groups excluding tert-OH is 1. The first-order valence-corrected chi connectivity index (χ1v) is 4.63. The maximum Gasteiger partial charge on any atom is 0.310 e. The quantitative estimate of drug-likeness (QED) is 0.564. The van der Waals surface area contributed by atoms with Crippen LogP contribution in [0.4, 0.5) is 0 Å². The van der Waals surface area contributed by atoms with Gasteiger partial charge in [-0.2, -0.15) is 0 Å². The van der Waals surface area contributed by atoms with Gasteiger partial charge in [0.25, 0.3) is 0 Å². The Morgan fingerprint density at radius 1 is 1.57 bits per heavy atom. The SMILES string of the molecule is CC1C2OC(=O)C1C(C(=O)O)CC2O. The molecule has 0 aromatic heterocycles. The van der Waals surface area contributed by atoms with Gasteiger partial charge in [-0.3, -0.25) is 9.59 Å². The summed E-state index contributed by atoms with van der Waals surface area (Å²) in [5.41, 5.74) is 0. The summed E-state index contributed by atoms with van der Waals surface area (Å²) in [6.45, 7) is 1.75. The van der Waals surface area contributed by atoms with Crippen LogP contribution in [-0.4, -0.2) is 34.4 Å². The molecule has 5 unspecified atom stereocenters. The summed E-state index contributed by atoms with van der Waals surface area (Å²) in [6.07, 6.45) is -1.24. The second-order valence-corrected chi connectivity index (χ2v) is 4.03. The highest BCUT2D eigenvalue weighted by Gasteiger charge is 2.55. The summed E-state index contributed by atoms with van der Waals surface area (Å²) in [6, 6.07) is 0. The van der Waals surface area contributed by atoms with Crippen LogP contribution in [-0.2, 0) is 14.3 Å². The molecule has 0 radical (unpaired) electrons. The number of rotatable bonds is 1. The van der Waals surface area contributed by atoms with Gasteiger partial charge in [0.05, 0.1) is 17.9 Å². The minimum atomic E-state index is -1.03. The Hall–Kier alpha value is -1.10. The van der Waals surface area contributed by atoms with Gasteiger partial charge in [0, 0.05) is 5.92 Å². The fourth-order valence-corrected chi connectivity index (χ4v) is 2.49. The van der Waals surface area contributed by atoms with Crippen molar-refractivity contribution in [1.29, 1.82) is 0 Å². The Balaban J connectivity index is 2.31. The molecule has 2 N–H and O–H groups in total. The lowest BCUT2D eigenvalue weighted by molar-refractivity contribution is -0.151. The Labute approximate surface area is 80.7 Å². The van der Waals surface area contributed by atoms with Crippen LogP contribution in [0.5, 0.6) is 0 Å². The third-order valence-electron chi connectivity index (χ3n) is 3.23. The fourth-order valence-electron chi connectivity index (χ4n) is 2.49. The van der Waals surface area contributed by atoms with Crippen LogP contribution in [0.3, 0.4) is 0 Å². The van der Waals surface area contributed by atoms with E-state index >= 15 is 0 Å². The topological polar surface area (TPSA) is 83.8 Å². The van der Waals surface area contributed by atoms with Crippen LogP contribution in [0.1, 0.15) is 13.3 Å². The Morgan fingerprint density at radius 2 is 2.21 bits per heavy atom. The average Bonchev–Trinajstić information content (AvgIpc) is 2.28. The molecule has 0 aromatic carbocycles. The van der Waals surface area contributed by atoms with Gasteiger partial charge in [-0.25, -0.2) is 0 Å². The Morgan fingerprint density at radius 3 is 2.79 bits per heavy atom. The number of hydrogen-bond donors (Lipinski definition) is 2. The van der Waals surface area contributed by atoms with Crippen LogP contribution >= 0.6 is 0 Å². The molecule has 2 fully saturated rings. The standard InChI is InChI=1S/C9H12O5/c1-3-6-4(8(11)12)2-5(10)7(3)14-9(6)13/h3-7,10H,2H2,1H3,(H,11,12). The molecule has 78 valence electrons. The largest absolute Gasteiger partial charge is 0.481 e. The summed E-state index contributed by atoms with van der Waals surface area (Å²) < 4.78 is 4.94. The molecule has 1 heterocycles. The molecule has 0 amide bonds. The molecule has 5 heteroatoms. The number of carbonyl (C=O) groups is 2. The highest BCUT2D eigenvalue weighted by molar-refractivity contribution is 5.83. The maximum absolute atomic E-state index is 11.3. The number of esters is 1. The van der Waals surface area contributed by atoms with E-state index in [4.69, 9.17) is 9.84 Å². The Kier molecular flexibility index (Phi) is 1.99. The first kappa shape index (κ1) is 9.45. The van der Waals surface area contributed by atoms with Crippen molar-refractivity contribution in [3.63, 3.8) is 0 Å². The van der Waals surface area contributed by atoms with Crippen LogP contribution in [0.25, 0.3) is 0 Å². The molecule has 5 atom stereocenters. The van der Waals surface area contributed by atoms with E-state index in [0.29, 0.717) is 0 Å². The third kappa shape index (κ3) is 1.12. The van der Waals surface area contributed by atoms with E-state index in [2.05, 4.69) is 0 Å². The smallest absolute Gasteiger partial charge is 0.310 e. The van der Waals surface area contributed by atoms with Crippen molar-refractivity contribution >= 4 is 11.9 Å². The molecule has 1 aliphatic carbocycles. The van der Waals surface area contributed by atoms with Gasteiger partial charge < -0.3 is 14.9 Å². The van der Waals surface area contributed by atoms with Gasteiger partial charge in [-0.05, 0) is 6.42 Å². The molecule has 1 saturated heterocycles. The predicted octanol–water partition coefficient (Wildman–Crippen LogP) is -0.371. The summed E-state index contributed by atoms with van der Waals surface area (Å²) in [5.74, 6) is -3.09. The lowest BCUT2D eigenvalue weighted by Crippen LogP contribution is -2.43. The summed E-state index contributed by atoms with van der Waals surface area (Å²) in [5, 5.41) is 18.5. The van der Waals surface area contributed by atoms with Crippen LogP contribution in [0.2, 0.25) is 0 Å². The van der Waals surface area contributed by atoms with Crippen LogP contribution in [0, 0.1) is 17.8 Å². The number of hydrogen-bond acceptors (Lipinski definition) is 4. The van der Waals surface area contributed by atoms with Gasteiger partial charge >= 0.3 is 11.9 Å². The van der Waals surface area contributed by atoms with E-state index in [9.17, 15) is 14.7 Å². The molecule has 0 aromatic rings. The van der Waals surface area contributed by atoms with Crippen molar-refractivity contribution in [3.8, 4) is 0 Å². The van der Waals surface area contributed by atoms with Gasteiger partial charge in [0.1, 0.15) is 6.10 Å². The second kappa shape index (κ2) is 2.95. The average molecular weight is 200 g/mol. The monoisotopic (exact) mass is 200 g/mol. The van der Waals surface area contributed by atoms with Crippen LogP contribution in [0.15, 0.2) is 0 Å². The summed E-state index contributed by atoms with van der Waals surface area (Å²) in [7, 11) is 0. The number of carboxylic acid groups (broad SMARTS) is 1. The highest BCUT2D eigenvalue weighted by Crippen LogP contribution is 2.43. The summed E-state index contributed by atoms with van der Waals surface area (Å²) in [4.78, 5) is 22.2. The normalized spacial score (nSPS) is 46.1. The summed E-state index contributed by atoms with van der Waals surface area (Å²) >= 11 is 0. The van der Waals surface area contributed by atoms with E-state index in [1.165, 1.54) is 0 Å². The number of carboxylic acids is 1. The van der Waals surface area contributed by atoms with Gasteiger partial charge in [-0.1, -0.05) is 6.92 Å². The molecule has 0 spiro atoms. The number of aliphatic carboxylic acids is 1. The lowest BCUT2D eigenvalue weighted by atomic mass is 9.72. The van der Waals surface area contributed by atoms with Crippen molar-refractivity contribution < 1.29 is 24.5 Å². The molecule has 2 rings (SSSR count). The van der Waals surface area contributed by atoms with Crippen molar-refractivity contribution in [1.82, 2.24) is 0 Å². The van der Waals surface area contributed by atoms with Crippen molar-refractivity contribution in [2.24, 2.45) is 17.8 Å². The predicted molar refractivity (Wildman–Crippen MR) is 44.3 cm³/mol. The maximum atomic E-state index is 11.3. The van der Waals surface area contributed by atoms with Crippen molar-refractivity contribution in [2.45, 2.75) is 25.6 Å². The van der Waals surface area contributed by atoms with Gasteiger partial charge in [0.2, 0.25) is 0 Å². The second-order valence-electron chi connectivity index (χ2n) is 4.03. The van der Waals surface area contributed by atoms with Crippen molar-refractivity contribution in [3.05, 3.63) is 0 Å². The lowest BCUT2D eigenvalue weighted by Gasteiger charge is -2.31. The fraction of sp³-hybridized carbons (Fsp3) is 0.778. The molecule has 5 nitrogen and oxygen atoms in total. The number of ether oxygens (including phenoxy) is 1. The van der Waals surface area contributed by atoms with E-state index in [1.54, 1.807) is 6.92 Å². The molecule has 1 saturated carbocycles. The molecule has 2 aliphatic rings. The highest BCUT2D eigenvalue weighted by atomic mass is 16.6. The zero-order chi connectivity index (χ0) is 10.5. The molecular weight excluding hydrogens is 188 g/mol. The van der Waals surface area contributed by atoms with E-state index in [0.717, 1.165) is 0 Å². The number of aliphatic hydroxyl groups is 1. The van der Waals surface area contributed by atoms with E-state index < -0.39 is 36.0 Å². The minimum absolute atomic E-state index is 0.112. The molecular formula is C9H12O5. The van der Waals surface area contributed by atoms with Crippen molar-refractivity contribution in [2.75, 3.05) is 0 Å². The van der Waals surface area contributed by atoms with E-state index in [-0.39, 0.29) is 12.3 Å². The third-order valence-corrected chi connectivity index (χ3v) is 3.23. The zero-order valence-corrected chi connectivity index (χ0v) is 7.71. The number of fused-ring (bicyclic) bond motifs is 2.